The molecule has 1 aromatic rings. The molecule has 1 spiro atoms. The van der Waals surface area contributed by atoms with E-state index < -0.39 is 34.1 Å². The molecule has 1 N–H and O–H groups in total. The van der Waals surface area contributed by atoms with Crippen molar-refractivity contribution in [2.45, 2.75) is 50.7 Å². The van der Waals surface area contributed by atoms with Crippen LogP contribution in [0.1, 0.15) is 44.9 Å². The van der Waals surface area contributed by atoms with Crippen LogP contribution in [-0.2, 0) is 24.2 Å². The van der Waals surface area contributed by atoms with Gasteiger partial charge in [-0.25, -0.2) is 8.42 Å². The first-order valence-corrected chi connectivity index (χ1v) is 11.8. The summed E-state index contributed by atoms with van der Waals surface area (Å²) >= 11 is 0. The molecule has 0 unspecified atom stereocenters. The molecular weight excluding hydrogens is 398 g/mol. The maximum atomic E-state index is 12.1. The van der Waals surface area contributed by atoms with Crippen LogP contribution in [0.25, 0.3) is 0 Å². The third-order valence-electron chi connectivity index (χ3n) is 5.58. The highest BCUT2D eigenvalue weighted by Gasteiger charge is 2.42. The molecule has 1 saturated heterocycles. The summed E-state index contributed by atoms with van der Waals surface area (Å²) < 4.78 is 39.9. The Morgan fingerprint density at radius 3 is 2.62 bits per heavy atom. The molecule has 2 heterocycles. The highest BCUT2D eigenvalue weighted by Crippen LogP contribution is 2.46. The summed E-state index contributed by atoms with van der Waals surface area (Å²) in [5.41, 5.74) is 0.531. The van der Waals surface area contributed by atoms with Crippen LogP contribution in [0.5, 0.6) is 11.5 Å². The number of carbonyl (C=O) groups is 2. The first-order valence-electron chi connectivity index (χ1n) is 10.0. The molecule has 9 heteroatoms. The minimum absolute atomic E-state index is 0.00693. The maximum absolute atomic E-state index is 12.1. The number of nitrogens with one attached hydrogen (secondary N) is 1. The number of hydrogen-bond donors (Lipinski definition) is 1. The van der Waals surface area contributed by atoms with Crippen molar-refractivity contribution >= 4 is 27.4 Å². The molecule has 29 heavy (non-hydrogen) atoms. The third kappa shape index (κ3) is 4.83. The van der Waals surface area contributed by atoms with E-state index in [1.807, 2.05) is 0 Å². The monoisotopic (exact) mass is 423 g/mol. The van der Waals surface area contributed by atoms with Crippen LogP contribution in [0, 0.1) is 5.92 Å². The lowest BCUT2D eigenvalue weighted by Crippen LogP contribution is -2.40. The van der Waals surface area contributed by atoms with Crippen LogP contribution in [0.3, 0.4) is 0 Å². The van der Waals surface area contributed by atoms with Gasteiger partial charge in [0.2, 0.25) is 0 Å². The summed E-state index contributed by atoms with van der Waals surface area (Å²) in [5, 5.41) is 2.68. The number of carbonyl (C=O) groups excluding carboxylic acids is 2. The molecule has 1 amide bonds. The van der Waals surface area contributed by atoms with Crippen molar-refractivity contribution in [3.8, 4) is 11.5 Å². The normalized spacial score (nSPS) is 23.7. The molecule has 8 nitrogen and oxygen atoms in total. The second-order valence-electron chi connectivity index (χ2n) is 8.02. The summed E-state index contributed by atoms with van der Waals surface area (Å²) in [7, 11) is -3.04. The number of fused-ring (bicyclic) bond motifs is 1. The SMILES string of the molecule is O=C(COC(=O)C[C@H]1CCS(=O)(=O)C1)Nc1ccc2c(c1)OC1(CCCCC1)O2. The molecule has 0 bridgehead atoms. The molecule has 3 aliphatic rings. The van der Waals surface area contributed by atoms with Gasteiger partial charge < -0.3 is 19.5 Å². The van der Waals surface area contributed by atoms with Gasteiger partial charge in [0, 0.05) is 31.0 Å². The number of hydrogen-bond acceptors (Lipinski definition) is 7. The topological polar surface area (TPSA) is 108 Å². The second-order valence-corrected chi connectivity index (χ2v) is 10.2. The summed E-state index contributed by atoms with van der Waals surface area (Å²) in [5.74, 6) is -0.449. The van der Waals surface area contributed by atoms with Crippen LogP contribution in [0.15, 0.2) is 18.2 Å². The van der Waals surface area contributed by atoms with Gasteiger partial charge in [-0.2, -0.15) is 0 Å². The van der Waals surface area contributed by atoms with E-state index in [9.17, 15) is 18.0 Å². The Kier molecular flexibility index (Phi) is 5.42. The number of benzene rings is 1. The Labute approximate surface area is 169 Å². The van der Waals surface area contributed by atoms with Crippen LogP contribution < -0.4 is 14.8 Å². The number of amides is 1. The zero-order valence-corrected chi connectivity index (χ0v) is 17.0. The summed E-state index contributed by atoms with van der Waals surface area (Å²) in [6.45, 7) is -0.420. The summed E-state index contributed by atoms with van der Waals surface area (Å²) in [6.07, 6.45) is 5.48. The smallest absolute Gasteiger partial charge is 0.306 e. The van der Waals surface area contributed by atoms with Gasteiger partial charge in [-0.05, 0) is 37.3 Å². The predicted molar refractivity (Wildman–Crippen MR) is 104 cm³/mol. The van der Waals surface area contributed by atoms with E-state index >= 15 is 0 Å². The van der Waals surface area contributed by atoms with E-state index in [0.29, 0.717) is 23.6 Å². The largest absolute Gasteiger partial charge is 0.456 e. The Balaban J connectivity index is 1.25. The van der Waals surface area contributed by atoms with Gasteiger partial charge in [-0.15, -0.1) is 0 Å². The van der Waals surface area contributed by atoms with Gasteiger partial charge in [-0.3, -0.25) is 9.59 Å². The van der Waals surface area contributed by atoms with E-state index in [1.54, 1.807) is 18.2 Å². The van der Waals surface area contributed by atoms with Gasteiger partial charge in [0.15, 0.2) is 27.9 Å². The highest BCUT2D eigenvalue weighted by molar-refractivity contribution is 7.91. The van der Waals surface area contributed by atoms with Gasteiger partial charge in [0.1, 0.15) is 0 Å². The zero-order chi connectivity index (χ0) is 20.5. The van der Waals surface area contributed by atoms with Crippen LogP contribution in [0.2, 0.25) is 0 Å². The maximum Gasteiger partial charge on any atom is 0.306 e. The highest BCUT2D eigenvalue weighted by atomic mass is 32.2. The fraction of sp³-hybridized carbons (Fsp3) is 0.600. The van der Waals surface area contributed by atoms with Crippen molar-refractivity contribution in [3.63, 3.8) is 0 Å². The summed E-state index contributed by atoms with van der Waals surface area (Å²) in [4.78, 5) is 24.0. The van der Waals surface area contributed by atoms with Crippen LogP contribution >= 0.6 is 0 Å². The van der Waals surface area contributed by atoms with Crippen molar-refractivity contribution in [2.75, 3.05) is 23.4 Å². The Hall–Kier alpha value is -2.29. The molecule has 0 radical (unpaired) electrons. The van der Waals surface area contributed by atoms with Crippen molar-refractivity contribution in [2.24, 2.45) is 5.92 Å². The molecule has 1 aliphatic carbocycles. The Morgan fingerprint density at radius 2 is 1.90 bits per heavy atom. The van der Waals surface area contributed by atoms with E-state index in [2.05, 4.69) is 5.32 Å². The number of rotatable bonds is 5. The van der Waals surface area contributed by atoms with Crippen molar-refractivity contribution < 1.29 is 32.2 Å². The lowest BCUT2D eigenvalue weighted by atomic mass is 9.94. The number of esters is 1. The van der Waals surface area contributed by atoms with E-state index in [4.69, 9.17) is 14.2 Å². The van der Waals surface area contributed by atoms with E-state index in [-0.39, 0.29) is 23.8 Å². The molecule has 2 fully saturated rings. The number of anilines is 1. The van der Waals surface area contributed by atoms with Gasteiger partial charge in [-0.1, -0.05) is 6.42 Å². The quantitative estimate of drug-likeness (QED) is 0.725. The standard InChI is InChI=1S/C20H25NO7S/c22-18(12-26-19(23)10-14-6-9-29(24,25)13-14)21-15-4-5-16-17(11-15)28-20(27-16)7-2-1-3-8-20/h4-5,11,14H,1-3,6-10,12-13H2,(H,21,22)/t14-/m1/s1. The van der Waals surface area contributed by atoms with Gasteiger partial charge in [0.05, 0.1) is 11.5 Å². The molecule has 4 rings (SSSR count). The van der Waals surface area contributed by atoms with Crippen molar-refractivity contribution in [3.05, 3.63) is 18.2 Å². The minimum Gasteiger partial charge on any atom is -0.456 e. The summed E-state index contributed by atoms with van der Waals surface area (Å²) in [6, 6.07) is 5.19. The molecule has 0 aromatic heterocycles. The first-order chi connectivity index (χ1) is 13.8. The predicted octanol–water partition coefficient (Wildman–Crippen LogP) is 2.42. The third-order valence-corrected chi connectivity index (χ3v) is 7.42. The van der Waals surface area contributed by atoms with E-state index in [1.165, 1.54) is 6.42 Å². The number of sulfone groups is 1. The second kappa shape index (κ2) is 7.85. The molecule has 1 atom stereocenters. The van der Waals surface area contributed by atoms with Gasteiger partial charge >= 0.3 is 5.97 Å². The molecule has 1 saturated carbocycles. The lowest BCUT2D eigenvalue weighted by molar-refractivity contribution is -0.148. The zero-order valence-electron chi connectivity index (χ0n) is 16.1. The van der Waals surface area contributed by atoms with Crippen molar-refractivity contribution in [1.82, 2.24) is 0 Å². The van der Waals surface area contributed by atoms with Crippen LogP contribution in [-0.4, -0.2) is 44.2 Å². The van der Waals surface area contributed by atoms with Gasteiger partial charge in [0.25, 0.3) is 11.7 Å². The van der Waals surface area contributed by atoms with E-state index in [0.717, 1.165) is 25.7 Å². The van der Waals surface area contributed by atoms with Crippen molar-refractivity contribution in [1.29, 1.82) is 0 Å². The van der Waals surface area contributed by atoms with Crippen LogP contribution in [0.4, 0.5) is 5.69 Å². The lowest BCUT2D eigenvalue weighted by Gasteiger charge is -2.31. The average molecular weight is 423 g/mol. The molecule has 158 valence electrons. The average Bonchev–Trinajstić information content (AvgIpc) is 3.19. The first kappa shape index (κ1) is 20.0. The fourth-order valence-electron chi connectivity index (χ4n) is 4.14. The molecule has 1 aromatic carbocycles. The fourth-order valence-corrected chi connectivity index (χ4v) is 6.00. The number of ether oxygens (including phenoxy) is 3. The Bertz CT molecular complexity index is 905. The minimum atomic E-state index is -3.04. The molecular formula is C20H25NO7S. The molecule has 2 aliphatic heterocycles. The Morgan fingerprint density at radius 1 is 1.14 bits per heavy atom.